The second-order valence-corrected chi connectivity index (χ2v) is 6.39. The third-order valence-corrected chi connectivity index (χ3v) is 4.15. The van der Waals surface area contributed by atoms with Gasteiger partial charge in [0, 0.05) is 17.0 Å². The van der Waals surface area contributed by atoms with Crippen molar-refractivity contribution in [1.29, 1.82) is 0 Å². The maximum absolute atomic E-state index is 12.1. The van der Waals surface area contributed by atoms with Gasteiger partial charge in [0.05, 0.1) is 11.4 Å². The van der Waals surface area contributed by atoms with Gasteiger partial charge in [0.25, 0.3) is 0 Å². The standard InChI is InChI=1S/C14H19N3O2S.ClH/c1-14(2,9-15)16-12(18)7-17-10-5-3-4-6-11(10)20-8-13(17)19;/h3-6H,7-9,15H2,1-2H3,(H,16,18);1H. The molecule has 2 rings (SSSR count). The number of halogens is 1. The zero-order valence-electron chi connectivity index (χ0n) is 12.1. The van der Waals surface area contributed by atoms with Gasteiger partial charge in [0.15, 0.2) is 0 Å². The summed E-state index contributed by atoms with van der Waals surface area (Å²) in [6.45, 7) is 4.08. The van der Waals surface area contributed by atoms with Crippen LogP contribution in [0, 0.1) is 0 Å². The van der Waals surface area contributed by atoms with E-state index < -0.39 is 5.54 Å². The summed E-state index contributed by atoms with van der Waals surface area (Å²) < 4.78 is 0. The van der Waals surface area contributed by atoms with Crippen LogP contribution in [0.3, 0.4) is 0 Å². The van der Waals surface area contributed by atoms with E-state index in [1.54, 1.807) is 0 Å². The third kappa shape index (κ3) is 4.36. The second kappa shape index (κ2) is 7.15. The number of nitrogens with one attached hydrogen (secondary N) is 1. The van der Waals surface area contributed by atoms with Gasteiger partial charge >= 0.3 is 0 Å². The Balaban J connectivity index is 0.00000220. The number of anilines is 1. The molecule has 3 N–H and O–H groups in total. The molecule has 1 aromatic carbocycles. The largest absolute Gasteiger partial charge is 0.348 e. The number of carbonyl (C=O) groups is 2. The van der Waals surface area contributed by atoms with Crippen LogP contribution in [0.5, 0.6) is 0 Å². The molecule has 0 aromatic heterocycles. The summed E-state index contributed by atoms with van der Waals surface area (Å²) >= 11 is 1.50. The number of nitrogens with zero attached hydrogens (tertiary/aromatic N) is 1. The Bertz CT molecular complexity index is 537. The normalized spacial score (nSPS) is 14.2. The smallest absolute Gasteiger partial charge is 0.240 e. The Kier molecular flexibility index (Phi) is 6.07. The van der Waals surface area contributed by atoms with Crippen LogP contribution >= 0.6 is 24.2 Å². The fourth-order valence-electron chi connectivity index (χ4n) is 1.94. The molecule has 1 aliphatic heterocycles. The van der Waals surface area contributed by atoms with Crippen LogP contribution in [0.15, 0.2) is 29.2 Å². The topological polar surface area (TPSA) is 75.4 Å². The number of rotatable bonds is 4. The van der Waals surface area contributed by atoms with Crippen LogP contribution in [-0.2, 0) is 9.59 Å². The van der Waals surface area contributed by atoms with Crippen LogP contribution in [0.25, 0.3) is 0 Å². The molecule has 0 fully saturated rings. The molecule has 1 aliphatic rings. The molecule has 0 atom stereocenters. The van der Waals surface area contributed by atoms with Gasteiger partial charge in [0.2, 0.25) is 11.8 Å². The van der Waals surface area contributed by atoms with E-state index in [4.69, 9.17) is 5.73 Å². The van der Waals surface area contributed by atoms with Gasteiger partial charge in [-0.05, 0) is 26.0 Å². The molecule has 0 aliphatic carbocycles. The van der Waals surface area contributed by atoms with Crippen molar-refractivity contribution in [1.82, 2.24) is 5.32 Å². The molecule has 1 heterocycles. The Labute approximate surface area is 135 Å². The van der Waals surface area contributed by atoms with E-state index in [0.29, 0.717) is 12.3 Å². The third-order valence-electron chi connectivity index (χ3n) is 3.10. The molecule has 0 bridgehead atoms. The predicted molar refractivity (Wildman–Crippen MR) is 88.0 cm³/mol. The molecule has 5 nitrogen and oxygen atoms in total. The second-order valence-electron chi connectivity index (χ2n) is 5.37. The molecule has 21 heavy (non-hydrogen) atoms. The van der Waals surface area contributed by atoms with Gasteiger partial charge in [-0.2, -0.15) is 0 Å². The zero-order valence-corrected chi connectivity index (χ0v) is 13.7. The highest BCUT2D eigenvalue weighted by Crippen LogP contribution is 2.34. The van der Waals surface area contributed by atoms with E-state index in [1.807, 2.05) is 38.1 Å². The molecule has 0 saturated heterocycles. The first-order valence-electron chi connectivity index (χ1n) is 6.46. The lowest BCUT2D eigenvalue weighted by atomic mass is 10.1. The highest BCUT2D eigenvalue weighted by atomic mass is 35.5. The SMILES string of the molecule is CC(C)(CN)NC(=O)CN1C(=O)CSc2ccccc21.Cl. The van der Waals surface area contributed by atoms with Crippen molar-refractivity contribution < 1.29 is 9.59 Å². The summed E-state index contributed by atoms with van der Waals surface area (Å²) in [5.74, 6) is 0.120. The summed E-state index contributed by atoms with van der Waals surface area (Å²) in [5.41, 5.74) is 5.93. The van der Waals surface area contributed by atoms with Crippen molar-refractivity contribution in [2.75, 3.05) is 23.7 Å². The minimum Gasteiger partial charge on any atom is -0.348 e. The minimum atomic E-state index is -0.468. The minimum absolute atomic E-state index is 0. The summed E-state index contributed by atoms with van der Waals surface area (Å²) in [6.07, 6.45) is 0. The Hall–Kier alpha value is -1.24. The molecular weight excluding hydrogens is 310 g/mol. The first kappa shape index (κ1) is 17.8. The van der Waals surface area contributed by atoms with E-state index in [2.05, 4.69) is 5.32 Å². The lowest BCUT2D eigenvalue weighted by Crippen LogP contribution is -2.53. The monoisotopic (exact) mass is 329 g/mol. The number of amides is 2. The molecule has 1 aromatic rings. The van der Waals surface area contributed by atoms with E-state index in [1.165, 1.54) is 16.7 Å². The zero-order chi connectivity index (χ0) is 14.8. The van der Waals surface area contributed by atoms with Gasteiger partial charge in [-0.3, -0.25) is 9.59 Å². The fraction of sp³-hybridized carbons (Fsp3) is 0.429. The number of hydrogen-bond donors (Lipinski definition) is 2. The molecule has 2 amide bonds. The lowest BCUT2D eigenvalue weighted by molar-refractivity contribution is -0.124. The average molecular weight is 330 g/mol. The van der Waals surface area contributed by atoms with Crippen molar-refractivity contribution in [3.05, 3.63) is 24.3 Å². The molecule has 0 spiro atoms. The molecule has 0 radical (unpaired) electrons. The first-order valence-corrected chi connectivity index (χ1v) is 7.45. The highest BCUT2D eigenvalue weighted by molar-refractivity contribution is 8.00. The van der Waals surface area contributed by atoms with E-state index in [0.717, 1.165) is 10.6 Å². The quantitative estimate of drug-likeness (QED) is 0.875. The number of fused-ring (bicyclic) bond motifs is 1. The summed E-state index contributed by atoms with van der Waals surface area (Å²) in [4.78, 5) is 26.7. The fourth-order valence-corrected chi connectivity index (χ4v) is 2.87. The Morgan fingerprint density at radius 2 is 2.10 bits per heavy atom. The Morgan fingerprint density at radius 1 is 1.43 bits per heavy atom. The molecule has 0 unspecified atom stereocenters. The van der Waals surface area contributed by atoms with E-state index in [9.17, 15) is 9.59 Å². The number of benzene rings is 1. The van der Waals surface area contributed by atoms with Crippen molar-refractivity contribution in [3.63, 3.8) is 0 Å². The van der Waals surface area contributed by atoms with Crippen molar-refractivity contribution in [2.24, 2.45) is 5.73 Å². The van der Waals surface area contributed by atoms with E-state index in [-0.39, 0.29) is 30.8 Å². The van der Waals surface area contributed by atoms with Crippen molar-refractivity contribution in [2.45, 2.75) is 24.3 Å². The van der Waals surface area contributed by atoms with Crippen LogP contribution < -0.4 is 16.0 Å². The maximum atomic E-state index is 12.1. The number of carbonyl (C=O) groups excluding carboxylic acids is 2. The van der Waals surface area contributed by atoms with Crippen LogP contribution in [-0.4, -0.2) is 36.2 Å². The number of nitrogens with two attached hydrogens (primary N) is 1. The summed E-state index contributed by atoms with van der Waals surface area (Å²) in [5, 5.41) is 2.84. The van der Waals surface area contributed by atoms with Gasteiger partial charge < -0.3 is 16.0 Å². The predicted octanol–water partition coefficient (Wildman–Crippen LogP) is 1.40. The van der Waals surface area contributed by atoms with Gasteiger partial charge in [-0.1, -0.05) is 12.1 Å². The molecule has 116 valence electrons. The highest BCUT2D eigenvalue weighted by Gasteiger charge is 2.27. The number of hydrogen-bond acceptors (Lipinski definition) is 4. The lowest BCUT2D eigenvalue weighted by Gasteiger charge is -2.30. The molecular formula is C14H20ClN3O2S. The number of thioether (sulfide) groups is 1. The average Bonchev–Trinajstić information content (AvgIpc) is 2.41. The molecule has 7 heteroatoms. The Morgan fingerprint density at radius 3 is 2.76 bits per heavy atom. The first-order chi connectivity index (χ1) is 9.43. The van der Waals surface area contributed by atoms with Crippen molar-refractivity contribution >= 4 is 41.7 Å². The van der Waals surface area contributed by atoms with Crippen LogP contribution in [0.1, 0.15) is 13.8 Å². The summed E-state index contributed by atoms with van der Waals surface area (Å²) in [7, 11) is 0. The van der Waals surface area contributed by atoms with E-state index >= 15 is 0 Å². The van der Waals surface area contributed by atoms with Crippen LogP contribution in [0.2, 0.25) is 0 Å². The molecule has 0 saturated carbocycles. The van der Waals surface area contributed by atoms with Crippen LogP contribution in [0.4, 0.5) is 5.69 Å². The maximum Gasteiger partial charge on any atom is 0.240 e. The van der Waals surface area contributed by atoms with Gasteiger partial charge in [-0.15, -0.1) is 24.2 Å². The van der Waals surface area contributed by atoms with Gasteiger partial charge in [-0.25, -0.2) is 0 Å². The van der Waals surface area contributed by atoms with Gasteiger partial charge in [0.1, 0.15) is 6.54 Å². The number of para-hydroxylation sites is 1. The summed E-state index contributed by atoms with van der Waals surface area (Å²) in [6, 6.07) is 7.62. The van der Waals surface area contributed by atoms with Crippen molar-refractivity contribution in [3.8, 4) is 0 Å².